The first-order valence-corrected chi connectivity index (χ1v) is 5.23. The molecule has 2 atom stereocenters. The smallest absolute Gasteiger partial charge is 0.226 e. The van der Waals surface area contributed by atoms with Crippen LogP contribution in [0.5, 0.6) is 0 Å². The van der Waals surface area contributed by atoms with E-state index in [-0.39, 0.29) is 24.5 Å². The van der Waals surface area contributed by atoms with Crippen LogP contribution in [0.25, 0.3) is 0 Å². The number of nitrogens with zero attached hydrogens (tertiary/aromatic N) is 1. The molecule has 0 aromatic carbocycles. The van der Waals surface area contributed by atoms with Crippen LogP contribution in [0.15, 0.2) is 12.7 Å². The van der Waals surface area contributed by atoms with Crippen molar-refractivity contribution in [3.05, 3.63) is 12.7 Å². The monoisotopic (exact) mass is 197 g/mol. The van der Waals surface area contributed by atoms with E-state index in [1.54, 1.807) is 6.08 Å². The fourth-order valence-corrected chi connectivity index (χ4v) is 1.95. The normalized spacial score (nSPS) is 23.6. The Morgan fingerprint density at radius 2 is 2.50 bits per heavy atom. The molecule has 0 spiro atoms. The second-order valence-corrected chi connectivity index (χ2v) is 3.94. The van der Waals surface area contributed by atoms with Gasteiger partial charge in [-0.1, -0.05) is 13.0 Å². The van der Waals surface area contributed by atoms with Gasteiger partial charge in [0.25, 0.3) is 0 Å². The van der Waals surface area contributed by atoms with Gasteiger partial charge < -0.3 is 10.0 Å². The molecule has 1 aliphatic rings. The van der Waals surface area contributed by atoms with Gasteiger partial charge in [-0.05, 0) is 19.3 Å². The van der Waals surface area contributed by atoms with Gasteiger partial charge in [0.05, 0.1) is 12.6 Å². The lowest BCUT2D eigenvalue weighted by molar-refractivity contribution is -0.136. The highest BCUT2D eigenvalue weighted by Crippen LogP contribution is 2.20. The Bertz CT molecular complexity index is 215. The minimum atomic E-state index is -0.000324. The molecule has 0 aromatic heterocycles. The second-order valence-electron chi connectivity index (χ2n) is 3.94. The van der Waals surface area contributed by atoms with Gasteiger partial charge in [-0.3, -0.25) is 4.79 Å². The minimum Gasteiger partial charge on any atom is -0.394 e. The summed E-state index contributed by atoms with van der Waals surface area (Å²) in [4.78, 5) is 13.7. The van der Waals surface area contributed by atoms with E-state index in [1.165, 1.54) is 0 Å². The topological polar surface area (TPSA) is 40.5 Å². The highest BCUT2D eigenvalue weighted by molar-refractivity contribution is 5.79. The summed E-state index contributed by atoms with van der Waals surface area (Å²) in [6, 6.07) is 0.0507. The van der Waals surface area contributed by atoms with Gasteiger partial charge >= 0.3 is 0 Å². The molecule has 3 heteroatoms. The molecular weight excluding hydrogens is 178 g/mol. The van der Waals surface area contributed by atoms with Crippen molar-refractivity contribution in [3.63, 3.8) is 0 Å². The zero-order valence-corrected chi connectivity index (χ0v) is 8.78. The van der Waals surface area contributed by atoms with E-state index in [1.807, 2.05) is 11.8 Å². The first-order chi connectivity index (χ1) is 6.70. The molecule has 1 fully saturated rings. The summed E-state index contributed by atoms with van der Waals surface area (Å²) in [5.74, 6) is 0.154. The lowest BCUT2D eigenvalue weighted by atomic mass is 10.1. The summed E-state index contributed by atoms with van der Waals surface area (Å²) in [5.41, 5.74) is 0. The minimum absolute atomic E-state index is 0.000324. The predicted molar refractivity (Wildman–Crippen MR) is 55.8 cm³/mol. The van der Waals surface area contributed by atoms with E-state index in [9.17, 15) is 4.79 Å². The number of aliphatic hydroxyl groups excluding tert-OH is 1. The fourth-order valence-electron chi connectivity index (χ4n) is 1.95. The highest BCUT2D eigenvalue weighted by Gasteiger charge is 2.30. The van der Waals surface area contributed by atoms with Crippen molar-refractivity contribution in [3.8, 4) is 0 Å². The standard InChI is InChI=1S/C11H19NO2/c1-3-5-9(2)11(14)12-7-4-6-10(12)8-13/h3,9-10,13H,1,4-8H2,2H3/t9-,10-/m0/s1. The van der Waals surface area contributed by atoms with Gasteiger partial charge in [0.1, 0.15) is 0 Å². The van der Waals surface area contributed by atoms with E-state index < -0.39 is 0 Å². The molecule has 14 heavy (non-hydrogen) atoms. The van der Waals surface area contributed by atoms with Crippen molar-refractivity contribution in [2.45, 2.75) is 32.2 Å². The number of allylic oxidation sites excluding steroid dienone is 1. The molecule has 1 N–H and O–H groups in total. The third-order valence-electron chi connectivity index (χ3n) is 2.81. The maximum atomic E-state index is 11.9. The molecule has 0 radical (unpaired) electrons. The van der Waals surface area contributed by atoms with E-state index in [2.05, 4.69) is 6.58 Å². The number of hydrogen-bond donors (Lipinski definition) is 1. The summed E-state index contributed by atoms with van der Waals surface area (Å²) in [7, 11) is 0. The largest absolute Gasteiger partial charge is 0.394 e. The number of hydrogen-bond acceptors (Lipinski definition) is 2. The number of carbonyl (C=O) groups excluding carboxylic acids is 1. The molecule has 3 nitrogen and oxygen atoms in total. The maximum absolute atomic E-state index is 11.9. The fraction of sp³-hybridized carbons (Fsp3) is 0.727. The molecule has 0 unspecified atom stereocenters. The third kappa shape index (κ3) is 2.35. The van der Waals surface area contributed by atoms with Crippen molar-refractivity contribution in [2.75, 3.05) is 13.2 Å². The molecule has 1 amide bonds. The van der Waals surface area contributed by atoms with Crippen LogP contribution in [0.3, 0.4) is 0 Å². The molecule has 1 saturated heterocycles. The Hall–Kier alpha value is -0.830. The molecule has 0 aromatic rings. The van der Waals surface area contributed by atoms with Crippen molar-refractivity contribution >= 4 is 5.91 Å². The van der Waals surface area contributed by atoms with E-state index in [4.69, 9.17) is 5.11 Å². The first-order valence-electron chi connectivity index (χ1n) is 5.23. The van der Waals surface area contributed by atoms with Crippen LogP contribution in [0.2, 0.25) is 0 Å². The summed E-state index contributed by atoms with van der Waals surface area (Å²) < 4.78 is 0. The molecule has 1 rings (SSSR count). The number of amides is 1. The van der Waals surface area contributed by atoms with Crippen molar-refractivity contribution in [2.24, 2.45) is 5.92 Å². The lowest BCUT2D eigenvalue weighted by Gasteiger charge is -2.25. The predicted octanol–water partition coefficient (Wildman–Crippen LogP) is 1.18. The molecule has 0 aliphatic carbocycles. The van der Waals surface area contributed by atoms with E-state index in [0.717, 1.165) is 19.4 Å². The van der Waals surface area contributed by atoms with Crippen LogP contribution in [-0.2, 0) is 4.79 Å². The Labute approximate surface area is 85.4 Å². The Morgan fingerprint density at radius 3 is 3.07 bits per heavy atom. The number of rotatable bonds is 4. The maximum Gasteiger partial charge on any atom is 0.226 e. The Morgan fingerprint density at radius 1 is 1.79 bits per heavy atom. The summed E-state index contributed by atoms with van der Waals surface area (Å²) >= 11 is 0. The second kappa shape index (κ2) is 5.15. The Balaban J connectivity index is 2.54. The van der Waals surface area contributed by atoms with Crippen LogP contribution >= 0.6 is 0 Å². The number of aliphatic hydroxyl groups is 1. The average Bonchev–Trinajstić information content (AvgIpc) is 2.64. The average molecular weight is 197 g/mol. The van der Waals surface area contributed by atoms with Crippen molar-refractivity contribution in [1.82, 2.24) is 4.90 Å². The SMILES string of the molecule is C=CC[C@H](C)C(=O)N1CCC[C@H]1CO. The summed E-state index contributed by atoms with van der Waals surface area (Å²) in [6.07, 6.45) is 4.43. The van der Waals surface area contributed by atoms with E-state index >= 15 is 0 Å². The number of likely N-dealkylation sites (tertiary alicyclic amines) is 1. The zero-order chi connectivity index (χ0) is 10.6. The lowest BCUT2D eigenvalue weighted by Crippen LogP contribution is -2.40. The van der Waals surface area contributed by atoms with Crippen LogP contribution in [0.1, 0.15) is 26.2 Å². The quantitative estimate of drug-likeness (QED) is 0.687. The first kappa shape index (κ1) is 11.2. The summed E-state index contributed by atoms with van der Waals surface area (Å²) in [6.45, 7) is 6.43. The van der Waals surface area contributed by atoms with Crippen molar-refractivity contribution in [1.29, 1.82) is 0 Å². The highest BCUT2D eigenvalue weighted by atomic mass is 16.3. The Kier molecular flexibility index (Phi) is 4.14. The van der Waals surface area contributed by atoms with E-state index in [0.29, 0.717) is 6.42 Å². The van der Waals surface area contributed by atoms with Gasteiger partial charge in [-0.15, -0.1) is 6.58 Å². The molecule has 0 saturated carbocycles. The van der Waals surface area contributed by atoms with Gasteiger partial charge in [-0.25, -0.2) is 0 Å². The van der Waals surface area contributed by atoms with Crippen LogP contribution in [0.4, 0.5) is 0 Å². The molecule has 80 valence electrons. The van der Waals surface area contributed by atoms with Crippen LogP contribution < -0.4 is 0 Å². The van der Waals surface area contributed by atoms with Gasteiger partial charge in [0.2, 0.25) is 5.91 Å². The summed E-state index contributed by atoms with van der Waals surface area (Å²) in [5, 5.41) is 9.08. The molecule has 1 heterocycles. The molecular formula is C11H19NO2. The van der Waals surface area contributed by atoms with Crippen LogP contribution in [0, 0.1) is 5.92 Å². The third-order valence-corrected chi connectivity index (χ3v) is 2.81. The number of carbonyl (C=O) groups is 1. The van der Waals surface area contributed by atoms with Crippen LogP contribution in [-0.4, -0.2) is 35.1 Å². The molecule has 0 bridgehead atoms. The van der Waals surface area contributed by atoms with Gasteiger partial charge in [0, 0.05) is 12.5 Å². The van der Waals surface area contributed by atoms with Gasteiger partial charge in [0.15, 0.2) is 0 Å². The van der Waals surface area contributed by atoms with Gasteiger partial charge in [-0.2, -0.15) is 0 Å². The zero-order valence-electron chi connectivity index (χ0n) is 8.78. The molecule has 1 aliphatic heterocycles. The van der Waals surface area contributed by atoms with Crippen molar-refractivity contribution < 1.29 is 9.90 Å².